The number of carboxylic acids is 1. The molecular weight excluding hydrogens is 312 g/mol. The van der Waals surface area contributed by atoms with Crippen LogP contribution in [0.25, 0.3) is 0 Å². The molecule has 4 N–H and O–H groups in total. The minimum atomic E-state index is -1.21. The minimum Gasteiger partial charge on any atom is -0.507 e. The maximum Gasteiger partial charge on any atom is 0.339 e. The van der Waals surface area contributed by atoms with Gasteiger partial charge in [0.1, 0.15) is 11.3 Å². The summed E-state index contributed by atoms with van der Waals surface area (Å²) in [5.41, 5.74) is 1.01. The van der Waals surface area contributed by atoms with Gasteiger partial charge >= 0.3 is 5.97 Å². The van der Waals surface area contributed by atoms with Crippen molar-refractivity contribution in [2.45, 2.75) is 13.8 Å². The molecule has 2 amide bonds. The largest absolute Gasteiger partial charge is 0.507 e. The molecule has 0 bridgehead atoms. The van der Waals surface area contributed by atoms with Crippen LogP contribution in [0.3, 0.4) is 0 Å². The first-order valence-electron chi connectivity index (χ1n) is 6.96. The van der Waals surface area contributed by atoms with Gasteiger partial charge in [-0.1, -0.05) is 18.2 Å². The molecule has 0 aliphatic rings. The van der Waals surface area contributed by atoms with Gasteiger partial charge in [0.05, 0.1) is 0 Å². The fraction of sp³-hybridized carbons (Fsp3) is 0.118. The zero-order valence-corrected chi connectivity index (χ0v) is 13.2. The zero-order valence-electron chi connectivity index (χ0n) is 13.2. The molecule has 7 nitrogen and oxygen atoms in total. The number of carbonyl (C=O) groups is 3. The number of nitrogens with one attached hydrogen (secondary N) is 2. The monoisotopic (exact) mass is 330 g/mol. The fourth-order valence-corrected chi connectivity index (χ4v) is 1.72. The average Bonchev–Trinajstić information content (AvgIpc) is 2.47. The molecule has 0 saturated heterocycles. The summed E-state index contributed by atoms with van der Waals surface area (Å²) in [7, 11) is 0. The molecule has 0 aromatic heterocycles. The van der Waals surface area contributed by atoms with Gasteiger partial charge < -0.3 is 20.8 Å². The second-order valence-electron chi connectivity index (χ2n) is 4.77. The van der Waals surface area contributed by atoms with Crippen LogP contribution in [0.1, 0.15) is 24.2 Å². The van der Waals surface area contributed by atoms with Crippen molar-refractivity contribution in [2.75, 3.05) is 10.6 Å². The molecule has 0 unspecified atom stereocenters. The predicted octanol–water partition coefficient (Wildman–Crippen LogP) is 2.69. The number of aromatic hydroxyl groups is 1. The Morgan fingerprint density at radius 2 is 1.38 bits per heavy atom. The van der Waals surface area contributed by atoms with E-state index >= 15 is 0 Å². The third-order valence-corrected chi connectivity index (χ3v) is 2.64. The smallest absolute Gasteiger partial charge is 0.339 e. The third kappa shape index (κ3) is 6.61. The van der Waals surface area contributed by atoms with Gasteiger partial charge in [-0.25, -0.2) is 4.79 Å². The van der Waals surface area contributed by atoms with E-state index in [1.54, 1.807) is 0 Å². The van der Waals surface area contributed by atoms with Crippen LogP contribution >= 0.6 is 0 Å². The van der Waals surface area contributed by atoms with Gasteiger partial charge in [0, 0.05) is 31.3 Å². The number of phenols is 1. The Hall–Kier alpha value is -3.35. The number of benzene rings is 2. The highest BCUT2D eigenvalue weighted by molar-refractivity contribution is 5.93. The van der Waals surface area contributed by atoms with Gasteiger partial charge in [-0.2, -0.15) is 0 Å². The lowest BCUT2D eigenvalue weighted by Crippen LogP contribution is -2.06. The van der Waals surface area contributed by atoms with E-state index in [0.717, 1.165) is 5.69 Å². The lowest BCUT2D eigenvalue weighted by Gasteiger charge is -2.04. The SMILES string of the molecule is CC(=O)Nc1ccc(C(=O)O)c(O)c1.CC(=O)Nc1ccccc1. The fourth-order valence-electron chi connectivity index (χ4n) is 1.72. The maximum atomic E-state index is 10.6. The van der Waals surface area contributed by atoms with E-state index in [2.05, 4.69) is 10.6 Å². The van der Waals surface area contributed by atoms with Gasteiger partial charge in [-0.15, -0.1) is 0 Å². The Kier molecular flexibility index (Phi) is 6.97. The molecular formula is C17H18N2O5. The Balaban J connectivity index is 0.000000254. The number of aromatic carboxylic acids is 1. The summed E-state index contributed by atoms with van der Waals surface area (Å²) >= 11 is 0. The molecule has 2 aromatic carbocycles. The highest BCUT2D eigenvalue weighted by atomic mass is 16.4. The number of hydrogen-bond donors (Lipinski definition) is 4. The Bertz CT molecular complexity index is 729. The van der Waals surface area contributed by atoms with Gasteiger partial charge in [0.2, 0.25) is 11.8 Å². The number of rotatable bonds is 3. The quantitative estimate of drug-likeness (QED) is 0.690. The summed E-state index contributed by atoms with van der Waals surface area (Å²) < 4.78 is 0. The van der Waals surface area contributed by atoms with Crippen molar-refractivity contribution < 1.29 is 24.6 Å². The summed E-state index contributed by atoms with van der Waals surface area (Å²) in [5.74, 6) is -1.90. The first-order valence-corrected chi connectivity index (χ1v) is 6.96. The molecule has 0 aliphatic carbocycles. The van der Waals surface area contributed by atoms with Crippen LogP contribution in [0, 0.1) is 0 Å². The van der Waals surface area contributed by atoms with Crippen LogP contribution in [0.5, 0.6) is 5.75 Å². The van der Waals surface area contributed by atoms with Crippen LogP contribution in [0.2, 0.25) is 0 Å². The molecule has 0 fully saturated rings. The number of amides is 2. The third-order valence-electron chi connectivity index (χ3n) is 2.64. The van der Waals surface area contributed by atoms with Crippen molar-refractivity contribution in [3.8, 4) is 5.75 Å². The van der Waals surface area contributed by atoms with Crippen molar-refractivity contribution in [2.24, 2.45) is 0 Å². The molecule has 0 radical (unpaired) electrons. The average molecular weight is 330 g/mol. The number of para-hydroxylation sites is 1. The molecule has 0 aliphatic heterocycles. The molecule has 0 atom stereocenters. The Morgan fingerprint density at radius 1 is 0.833 bits per heavy atom. The number of hydrogen-bond acceptors (Lipinski definition) is 4. The van der Waals surface area contributed by atoms with Gasteiger partial charge in [0.25, 0.3) is 0 Å². The number of anilines is 2. The molecule has 0 spiro atoms. The zero-order chi connectivity index (χ0) is 18.1. The number of carbonyl (C=O) groups excluding carboxylic acids is 2. The second-order valence-corrected chi connectivity index (χ2v) is 4.77. The van der Waals surface area contributed by atoms with Crippen molar-refractivity contribution >= 4 is 29.2 Å². The van der Waals surface area contributed by atoms with Crippen molar-refractivity contribution in [3.63, 3.8) is 0 Å². The minimum absolute atomic E-state index is 0.0359. The highest BCUT2D eigenvalue weighted by Crippen LogP contribution is 2.21. The van der Waals surface area contributed by atoms with E-state index in [4.69, 9.17) is 5.11 Å². The van der Waals surface area contributed by atoms with Crippen molar-refractivity contribution in [1.82, 2.24) is 0 Å². The number of carboxylic acid groups (broad SMARTS) is 1. The van der Waals surface area contributed by atoms with Gasteiger partial charge in [-0.3, -0.25) is 9.59 Å². The van der Waals surface area contributed by atoms with E-state index in [1.165, 1.54) is 32.0 Å². The van der Waals surface area contributed by atoms with Crippen LogP contribution in [-0.2, 0) is 9.59 Å². The summed E-state index contributed by atoms with van der Waals surface area (Å²) in [6.07, 6.45) is 0. The van der Waals surface area contributed by atoms with Crippen LogP contribution in [0.15, 0.2) is 48.5 Å². The van der Waals surface area contributed by atoms with Crippen molar-refractivity contribution in [3.05, 3.63) is 54.1 Å². The first-order chi connectivity index (χ1) is 11.3. The lowest BCUT2D eigenvalue weighted by atomic mass is 10.2. The van der Waals surface area contributed by atoms with E-state index in [1.807, 2.05) is 30.3 Å². The Labute approximate surface area is 138 Å². The predicted molar refractivity (Wildman–Crippen MR) is 90.1 cm³/mol. The second kappa shape index (κ2) is 8.94. The van der Waals surface area contributed by atoms with E-state index in [9.17, 15) is 19.5 Å². The normalized spacial score (nSPS) is 9.25. The van der Waals surface area contributed by atoms with E-state index < -0.39 is 5.97 Å². The first kappa shape index (κ1) is 18.7. The lowest BCUT2D eigenvalue weighted by molar-refractivity contribution is -0.115. The molecule has 7 heteroatoms. The molecule has 126 valence electrons. The molecule has 2 rings (SSSR count). The maximum absolute atomic E-state index is 10.6. The summed E-state index contributed by atoms with van der Waals surface area (Å²) in [4.78, 5) is 31.6. The molecule has 2 aromatic rings. The van der Waals surface area contributed by atoms with Gasteiger partial charge in [0.15, 0.2) is 0 Å². The summed E-state index contributed by atoms with van der Waals surface area (Å²) in [5, 5.41) is 22.9. The van der Waals surface area contributed by atoms with Crippen LogP contribution < -0.4 is 10.6 Å². The molecule has 0 heterocycles. The Morgan fingerprint density at radius 3 is 1.83 bits per heavy atom. The summed E-state index contributed by atoms with van der Waals surface area (Å²) in [6.45, 7) is 2.81. The van der Waals surface area contributed by atoms with Crippen LogP contribution in [0.4, 0.5) is 11.4 Å². The summed E-state index contributed by atoms with van der Waals surface area (Å²) in [6, 6.07) is 13.2. The molecule has 24 heavy (non-hydrogen) atoms. The van der Waals surface area contributed by atoms with Crippen LogP contribution in [-0.4, -0.2) is 28.0 Å². The standard InChI is InChI=1S/C9H9NO4.C8H9NO/c1-5(11)10-6-2-3-7(9(13)14)8(12)4-6;1-7(10)9-8-5-3-2-4-6-8/h2-4,12H,1H3,(H,10,11)(H,13,14);2-6H,1H3,(H,9,10). The molecule has 0 saturated carbocycles. The van der Waals surface area contributed by atoms with E-state index in [-0.39, 0.29) is 23.1 Å². The van der Waals surface area contributed by atoms with E-state index in [0.29, 0.717) is 5.69 Å². The topological polar surface area (TPSA) is 116 Å². The van der Waals surface area contributed by atoms with Gasteiger partial charge in [-0.05, 0) is 24.3 Å². The van der Waals surface area contributed by atoms with Crippen molar-refractivity contribution in [1.29, 1.82) is 0 Å². The highest BCUT2D eigenvalue weighted by Gasteiger charge is 2.09.